The van der Waals surface area contributed by atoms with Crippen LogP contribution in [0, 0.1) is 0 Å². The van der Waals surface area contributed by atoms with Crippen LogP contribution in [-0.4, -0.2) is 21.6 Å². The van der Waals surface area contributed by atoms with Gasteiger partial charge in [-0.05, 0) is 24.2 Å². The minimum absolute atomic E-state index is 0.150. The van der Waals surface area contributed by atoms with E-state index in [1.807, 2.05) is 6.92 Å². The van der Waals surface area contributed by atoms with Gasteiger partial charge in [-0.1, -0.05) is 30.7 Å². The summed E-state index contributed by atoms with van der Waals surface area (Å²) in [6.07, 6.45) is 0. The second-order valence-electron chi connectivity index (χ2n) is 4.00. The molecule has 0 aliphatic heterocycles. The molecule has 0 saturated heterocycles. The highest BCUT2D eigenvalue weighted by Crippen LogP contribution is 2.24. The fourth-order valence-corrected chi connectivity index (χ4v) is 1.84. The molecule has 1 aromatic carbocycles. The van der Waals surface area contributed by atoms with Crippen LogP contribution in [0.3, 0.4) is 0 Å². The number of halogens is 1. The summed E-state index contributed by atoms with van der Waals surface area (Å²) in [5.74, 6) is 0.126. The Balaban J connectivity index is 2.42. The van der Waals surface area contributed by atoms with E-state index in [0.717, 1.165) is 6.54 Å². The number of aromatic amines is 1. The number of aromatic hydroxyl groups is 1. The van der Waals surface area contributed by atoms with Crippen molar-refractivity contribution in [2.45, 2.75) is 13.5 Å². The number of rotatable bonds is 4. The molecule has 0 atom stereocenters. The predicted molar refractivity (Wildman–Crippen MR) is 74.3 cm³/mol. The van der Waals surface area contributed by atoms with Gasteiger partial charge in [-0.15, -0.1) is 0 Å². The van der Waals surface area contributed by atoms with Crippen LogP contribution in [0.5, 0.6) is 5.88 Å². The molecule has 0 fully saturated rings. The van der Waals surface area contributed by atoms with Gasteiger partial charge in [0.25, 0.3) is 5.56 Å². The number of hydrogen-bond donors (Lipinski definition) is 3. The van der Waals surface area contributed by atoms with Crippen molar-refractivity contribution < 1.29 is 5.11 Å². The van der Waals surface area contributed by atoms with Crippen molar-refractivity contribution in [3.63, 3.8) is 0 Å². The van der Waals surface area contributed by atoms with Crippen molar-refractivity contribution in [2.24, 2.45) is 0 Å². The summed E-state index contributed by atoms with van der Waals surface area (Å²) in [6.45, 7) is 3.10. The van der Waals surface area contributed by atoms with Crippen molar-refractivity contribution in [2.75, 3.05) is 6.54 Å². The van der Waals surface area contributed by atoms with E-state index in [1.54, 1.807) is 24.3 Å². The van der Waals surface area contributed by atoms with Gasteiger partial charge in [0, 0.05) is 5.02 Å². The smallest absolute Gasteiger partial charge is 0.262 e. The number of aromatic nitrogens is 2. The van der Waals surface area contributed by atoms with Gasteiger partial charge in [0.05, 0.1) is 6.54 Å². The maximum atomic E-state index is 12.0. The first-order chi connectivity index (χ1) is 9.11. The third-order valence-corrected chi connectivity index (χ3v) is 2.88. The number of H-pyrrole nitrogens is 1. The molecule has 0 radical (unpaired) electrons. The molecule has 0 amide bonds. The average molecular weight is 280 g/mol. The maximum Gasteiger partial charge on any atom is 0.262 e. The lowest BCUT2D eigenvalue weighted by Crippen LogP contribution is -2.20. The van der Waals surface area contributed by atoms with Crippen molar-refractivity contribution >= 4 is 11.6 Å². The van der Waals surface area contributed by atoms with E-state index in [4.69, 9.17) is 11.6 Å². The zero-order valence-electron chi connectivity index (χ0n) is 10.4. The normalized spacial score (nSPS) is 10.6. The van der Waals surface area contributed by atoms with Gasteiger partial charge < -0.3 is 15.4 Å². The zero-order chi connectivity index (χ0) is 13.8. The molecule has 0 bridgehead atoms. The topological polar surface area (TPSA) is 78.0 Å². The van der Waals surface area contributed by atoms with Gasteiger partial charge in [-0.2, -0.15) is 4.98 Å². The minimum atomic E-state index is -0.372. The highest BCUT2D eigenvalue weighted by atomic mass is 35.5. The molecule has 2 rings (SSSR count). The molecule has 0 aliphatic carbocycles. The van der Waals surface area contributed by atoms with Crippen LogP contribution in [0.25, 0.3) is 11.1 Å². The Labute approximate surface area is 115 Å². The molecule has 1 aromatic heterocycles. The van der Waals surface area contributed by atoms with Gasteiger partial charge in [-0.3, -0.25) is 4.79 Å². The van der Waals surface area contributed by atoms with Gasteiger partial charge in [0.1, 0.15) is 11.4 Å². The number of nitrogens with one attached hydrogen (secondary N) is 2. The Morgan fingerprint density at radius 3 is 2.63 bits per heavy atom. The zero-order valence-corrected chi connectivity index (χ0v) is 11.2. The lowest BCUT2D eigenvalue weighted by atomic mass is 10.1. The van der Waals surface area contributed by atoms with E-state index in [1.165, 1.54) is 0 Å². The molecule has 100 valence electrons. The lowest BCUT2D eigenvalue weighted by molar-refractivity contribution is 0.448. The monoisotopic (exact) mass is 279 g/mol. The molecule has 6 heteroatoms. The standard InChI is InChI=1S/C13H14ClN3O2/c1-2-15-7-10-16-12(18)11(13(19)17-10)8-3-5-9(14)6-4-8/h3-6,15H,2,7H2,1H3,(H2,16,17,18,19). The number of nitrogens with zero attached hydrogens (tertiary/aromatic N) is 1. The Morgan fingerprint density at radius 2 is 2.05 bits per heavy atom. The summed E-state index contributed by atoms with van der Waals surface area (Å²) in [4.78, 5) is 18.6. The van der Waals surface area contributed by atoms with Crippen molar-refractivity contribution in [1.82, 2.24) is 15.3 Å². The molecule has 0 saturated carbocycles. The summed E-state index contributed by atoms with van der Waals surface area (Å²) < 4.78 is 0. The molecular weight excluding hydrogens is 266 g/mol. The summed E-state index contributed by atoms with van der Waals surface area (Å²) in [5.41, 5.74) is 0.352. The summed E-state index contributed by atoms with van der Waals surface area (Å²) in [7, 11) is 0. The van der Waals surface area contributed by atoms with Crippen molar-refractivity contribution in [3.05, 3.63) is 45.5 Å². The van der Waals surface area contributed by atoms with Crippen molar-refractivity contribution in [3.8, 4) is 17.0 Å². The van der Waals surface area contributed by atoms with Gasteiger partial charge in [0.2, 0.25) is 5.88 Å². The highest BCUT2D eigenvalue weighted by Gasteiger charge is 2.12. The van der Waals surface area contributed by atoms with Gasteiger partial charge in [0.15, 0.2) is 0 Å². The summed E-state index contributed by atoms with van der Waals surface area (Å²) in [5, 5.41) is 13.5. The van der Waals surface area contributed by atoms with Crippen LogP contribution in [0.1, 0.15) is 12.7 Å². The largest absolute Gasteiger partial charge is 0.493 e. The van der Waals surface area contributed by atoms with Crippen LogP contribution < -0.4 is 10.9 Å². The SMILES string of the molecule is CCNCc1nc(O)c(-c2ccc(Cl)cc2)c(=O)[nH]1. The Hall–Kier alpha value is -1.85. The molecule has 0 unspecified atom stereocenters. The molecular formula is C13H14ClN3O2. The molecule has 1 heterocycles. The summed E-state index contributed by atoms with van der Waals surface area (Å²) >= 11 is 5.79. The third kappa shape index (κ3) is 3.13. The quantitative estimate of drug-likeness (QED) is 0.799. The molecule has 2 aromatic rings. The summed E-state index contributed by atoms with van der Waals surface area (Å²) in [6, 6.07) is 6.64. The fraction of sp³-hybridized carbons (Fsp3) is 0.231. The van der Waals surface area contributed by atoms with Crippen LogP contribution in [0.15, 0.2) is 29.1 Å². The molecule has 0 aliphatic rings. The predicted octanol–water partition coefficient (Wildman–Crippen LogP) is 1.91. The average Bonchev–Trinajstić information content (AvgIpc) is 2.38. The van der Waals surface area contributed by atoms with Gasteiger partial charge >= 0.3 is 0 Å². The van der Waals surface area contributed by atoms with Gasteiger partial charge in [-0.25, -0.2) is 0 Å². The maximum absolute atomic E-state index is 12.0. The number of hydrogen-bond acceptors (Lipinski definition) is 4. The minimum Gasteiger partial charge on any atom is -0.493 e. The first-order valence-corrected chi connectivity index (χ1v) is 6.28. The Kier molecular flexibility index (Phi) is 4.19. The Morgan fingerprint density at radius 1 is 1.37 bits per heavy atom. The highest BCUT2D eigenvalue weighted by molar-refractivity contribution is 6.30. The van der Waals surface area contributed by atoms with E-state index in [2.05, 4.69) is 15.3 Å². The van der Waals surface area contributed by atoms with Crippen LogP contribution in [0.4, 0.5) is 0 Å². The second kappa shape index (κ2) is 5.86. The second-order valence-corrected chi connectivity index (χ2v) is 4.43. The van der Waals surface area contributed by atoms with Crippen LogP contribution >= 0.6 is 11.6 Å². The number of benzene rings is 1. The molecule has 5 nitrogen and oxygen atoms in total. The molecule has 19 heavy (non-hydrogen) atoms. The van der Waals surface area contributed by atoms with Crippen LogP contribution in [0.2, 0.25) is 5.02 Å². The van der Waals surface area contributed by atoms with E-state index in [9.17, 15) is 9.90 Å². The third-order valence-electron chi connectivity index (χ3n) is 2.62. The van der Waals surface area contributed by atoms with E-state index in [-0.39, 0.29) is 17.0 Å². The van der Waals surface area contributed by atoms with E-state index < -0.39 is 0 Å². The first-order valence-electron chi connectivity index (χ1n) is 5.90. The first kappa shape index (κ1) is 13.6. The fourth-order valence-electron chi connectivity index (χ4n) is 1.71. The lowest BCUT2D eigenvalue weighted by Gasteiger charge is -2.06. The Bertz CT molecular complexity index is 623. The van der Waals surface area contributed by atoms with E-state index in [0.29, 0.717) is 23.0 Å². The molecule has 3 N–H and O–H groups in total. The molecule has 0 spiro atoms. The van der Waals surface area contributed by atoms with Crippen molar-refractivity contribution in [1.29, 1.82) is 0 Å². The van der Waals surface area contributed by atoms with Crippen LogP contribution in [-0.2, 0) is 6.54 Å². The van der Waals surface area contributed by atoms with E-state index >= 15 is 0 Å².